The highest BCUT2D eigenvalue weighted by atomic mass is 32.2. The van der Waals surface area contributed by atoms with Crippen LogP contribution in [0, 0.1) is 11.6 Å². The van der Waals surface area contributed by atoms with Crippen molar-refractivity contribution in [3.63, 3.8) is 0 Å². The van der Waals surface area contributed by atoms with Gasteiger partial charge in [-0.2, -0.15) is 0 Å². The van der Waals surface area contributed by atoms with Crippen LogP contribution in [0.2, 0.25) is 0 Å². The Morgan fingerprint density at radius 3 is 2.15 bits per heavy atom. The second-order valence-electron chi connectivity index (χ2n) is 4.17. The fraction of sp³-hybridized carbons (Fsp3) is 0.143. The molecule has 1 N–H and O–H groups in total. The zero-order valence-corrected chi connectivity index (χ0v) is 11.3. The van der Waals surface area contributed by atoms with Crippen molar-refractivity contribution >= 4 is 10.0 Å². The van der Waals surface area contributed by atoms with Crippen molar-refractivity contribution in [2.75, 3.05) is 6.54 Å². The average Bonchev–Trinajstić information content (AvgIpc) is 2.41. The summed E-state index contributed by atoms with van der Waals surface area (Å²) in [7, 11) is -3.92. The summed E-state index contributed by atoms with van der Waals surface area (Å²) in [5.41, 5.74) is 0.406. The largest absolute Gasteiger partial charge is 0.243 e. The van der Waals surface area contributed by atoms with E-state index in [0.29, 0.717) is 5.56 Å². The van der Waals surface area contributed by atoms with Crippen LogP contribution >= 0.6 is 0 Å². The van der Waals surface area contributed by atoms with Crippen LogP contribution in [0.5, 0.6) is 0 Å². The maximum atomic E-state index is 13.4. The molecule has 0 fully saturated rings. The topological polar surface area (TPSA) is 46.2 Å². The first kappa shape index (κ1) is 14.6. The second kappa shape index (κ2) is 6.11. The van der Waals surface area contributed by atoms with E-state index in [1.807, 2.05) is 0 Å². The van der Waals surface area contributed by atoms with Gasteiger partial charge in [0.2, 0.25) is 10.0 Å². The molecular weight excluding hydrogens is 284 g/mol. The standard InChI is InChI=1S/C14H13F2NO2S/c15-12-6-2-1-5-11(12)9-10-17-20(18,19)14-8-4-3-7-13(14)16/h1-8,17H,9-10H2. The van der Waals surface area contributed by atoms with Crippen molar-refractivity contribution in [2.24, 2.45) is 0 Å². The van der Waals surface area contributed by atoms with Gasteiger partial charge in [0.05, 0.1) is 0 Å². The molecule has 2 rings (SSSR count). The Labute approximate surface area is 116 Å². The summed E-state index contributed by atoms with van der Waals surface area (Å²) in [6.07, 6.45) is 0.195. The normalized spacial score (nSPS) is 11.5. The van der Waals surface area contributed by atoms with Gasteiger partial charge in [0.25, 0.3) is 0 Å². The highest BCUT2D eigenvalue weighted by Gasteiger charge is 2.17. The molecule has 0 bridgehead atoms. The molecule has 0 radical (unpaired) electrons. The van der Waals surface area contributed by atoms with Crippen LogP contribution in [-0.2, 0) is 16.4 Å². The van der Waals surface area contributed by atoms with Gasteiger partial charge in [-0.05, 0) is 30.2 Å². The molecule has 0 saturated carbocycles. The highest BCUT2D eigenvalue weighted by Crippen LogP contribution is 2.13. The maximum Gasteiger partial charge on any atom is 0.243 e. The smallest absolute Gasteiger partial charge is 0.211 e. The molecule has 0 amide bonds. The van der Waals surface area contributed by atoms with Gasteiger partial charge in [-0.1, -0.05) is 30.3 Å². The van der Waals surface area contributed by atoms with Crippen molar-refractivity contribution in [3.8, 4) is 0 Å². The number of hydrogen-bond donors (Lipinski definition) is 1. The molecule has 0 spiro atoms. The Hall–Kier alpha value is -1.79. The van der Waals surface area contributed by atoms with Crippen molar-refractivity contribution in [3.05, 3.63) is 65.7 Å². The van der Waals surface area contributed by atoms with Gasteiger partial charge in [-0.25, -0.2) is 21.9 Å². The zero-order valence-electron chi connectivity index (χ0n) is 10.5. The van der Waals surface area contributed by atoms with Gasteiger partial charge in [0.15, 0.2) is 0 Å². The van der Waals surface area contributed by atoms with Crippen molar-refractivity contribution < 1.29 is 17.2 Å². The Morgan fingerprint density at radius 2 is 1.50 bits per heavy atom. The van der Waals surface area contributed by atoms with Crippen molar-refractivity contribution in [1.29, 1.82) is 0 Å². The molecule has 0 heterocycles. The Morgan fingerprint density at radius 1 is 0.900 bits per heavy atom. The molecule has 3 nitrogen and oxygen atoms in total. The summed E-state index contributed by atoms with van der Waals surface area (Å²) in [6, 6.07) is 11.2. The molecule has 0 unspecified atom stereocenters. The third-order valence-electron chi connectivity index (χ3n) is 2.77. The predicted octanol–water partition coefficient (Wildman–Crippen LogP) is 2.49. The maximum absolute atomic E-state index is 13.4. The van der Waals surface area contributed by atoms with Gasteiger partial charge in [0, 0.05) is 6.54 Å². The summed E-state index contributed by atoms with van der Waals surface area (Å²) < 4.78 is 52.8. The fourth-order valence-corrected chi connectivity index (χ4v) is 2.87. The number of hydrogen-bond acceptors (Lipinski definition) is 2. The Kier molecular flexibility index (Phi) is 4.46. The summed E-state index contributed by atoms with van der Waals surface area (Å²) in [6.45, 7) is -0.00238. The van der Waals surface area contributed by atoms with Crippen LogP contribution in [0.4, 0.5) is 8.78 Å². The molecule has 0 saturated heterocycles. The summed E-state index contributed by atoms with van der Waals surface area (Å²) in [4.78, 5) is -0.409. The molecule has 2 aromatic rings. The lowest BCUT2D eigenvalue weighted by atomic mass is 10.1. The van der Waals surface area contributed by atoms with Crippen LogP contribution in [0.1, 0.15) is 5.56 Å². The molecule has 2 aromatic carbocycles. The molecule has 0 aliphatic carbocycles. The third kappa shape index (κ3) is 3.40. The van der Waals surface area contributed by atoms with E-state index >= 15 is 0 Å². The van der Waals surface area contributed by atoms with Gasteiger partial charge in [-0.15, -0.1) is 0 Å². The lowest BCUT2D eigenvalue weighted by molar-refractivity contribution is 0.555. The predicted molar refractivity (Wildman–Crippen MR) is 71.7 cm³/mol. The molecule has 0 aliphatic heterocycles. The lowest BCUT2D eigenvalue weighted by Gasteiger charge is -2.08. The van der Waals surface area contributed by atoms with Crippen molar-refractivity contribution in [2.45, 2.75) is 11.3 Å². The van der Waals surface area contributed by atoms with E-state index in [-0.39, 0.29) is 13.0 Å². The van der Waals surface area contributed by atoms with Crippen LogP contribution in [0.25, 0.3) is 0 Å². The summed E-state index contributed by atoms with van der Waals surface area (Å²) in [5, 5.41) is 0. The number of halogens is 2. The van der Waals surface area contributed by atoms with E-state index in [0.717, 1.165) is 6.07 Å². The van der Waals surface area contributed by atoms with E-state index < -0.39 is 26.6 Å². The number of rotatable bonds is 5. The number of benzene rings is 2. The number of nitrogens with one attached hydrogen (secondary N) is 1. The van der Waals surface area contributed by atoms with E-state index in [9.17, 15) is 17.2 Å². The summed E-state index contributed by atoms with van der Waals surface area (Å²) >= 11 is 0. The van der Waals surface area contributed by atoms with Gasteiger partial charge >= 0.3 is 0 Å². The first-order valence-corrected chi connectivity index (χ1v) is 7.46. The third-order valence-corrected chi connectivity index (χ3v) is 4.26. The zero-order chi connectivity index (χ0) is 14.6. The molecule has 6 heteroatoms. The van der Waals surface area contributed by atoms with Crippen LogP contribution in [0.3, 0.4) is 0 Å². The lowest BCUT2D eigenvalue weighted by Crippen LogP contribution is -2.27. The minimum absolute atomic E-state index is 0.00238. The van der Waals surface area contributed by atoms with E-state index in [4.69, 9.17) is 0 Å². The highest BCUT2D eigenvalue weighted by molar-refractivity contribution is 7.89. The number of sulfonamides is 1. The molecule has 0 aliphatic rings. The quantitative estimate of drug-likeness (QED) is 0.921. The van der Waals surface area contributed by atoms with Crippen LogP contribution in [0.15, 0.2) is 53.4 Å². The molecule has 0 aromatic heterocycles. The summed E-state index contributed by atoms with van der Waals surface area (Å²) in [5.74, 6) is -1.21. The molecular formula is C14H13F2NO2S. The monoisotopic (exact) mass is 297 g/mol. The Balaban J connectivity index is 2.04. The van der Waals surface area contributed by atoms with E-state index in [2.05, 4.69) is 4.72 Å². The Bertz CT molecular complexity index is 702. The molecule has 106 valence electrons. The van der Waals surface area contributed by atoms with Crippen LogP contribution < -0.4 is 4.72 Å². The van der Waals surface area contributed by atoms with Gasteiger partial charge in [0.1, 0.15) is 16.5 Å². The SMILES string of the molecule is O=S(=O)(NCCc1ccccc1F)c1ccccc1F. The second-order valence-corrected chi connectivity index (χ2v) is 5.90. The van der Waals surface area contributed by atoms with E-state index in [1.165, 1.54) is 24.3 Å². The minimum atomic E-state index is -3.92. The molecule has 20 heavy (non-hydrogen) atoms. The molecule has 0 atom stereocenters. The van der Waals surface area contributed by atoms with Gasteiger partial charge in [-0.3, -0.25) is 0 Å². The first-order valence-electron chi connectivity index (χ1n) is 5.98. The minimum Gasteiger partial charge on any atom is -0.211 e. The average molecular weight is 297 g/mol. The van der Waals surface area contributed by atoms with Crippen LogP contribution in [-0.4, -0.2) is 15.0 Å². The van der Waals surface area contributed by atoms with Crippen molar-refractivity contribution in [1.82, 2.24) is 4.72 Å². The first-order chi connectivity index (χ1) is 9.50. The fourth-order valence-electron chi connectivity index (χ4n) is 1.76. The van der Waals surface area contributed by atoms with E-state index in [1.54, 1.807) is 18.2 Å². The van der Waals surface area contributed by atoms with Gasteiger partial charge < -0.3 is 0 Å².